The van der Waals surface area contributed by atoms with Gasteiger partial charge in [-0.15, -0.1) is 6.58 Å². The minimum Gasteiger partial charge on any atom is -0.352 e. The summed E-state index contributed by atoms with van der Waals surface area (Å²) in [5.41, 5.74) is 1.09. The molecule has 0 amide bonds. The lowest BCUT2D eigenvalue weighted by atomic mass is 9.78. The van der Waals surface area contributed by atoms with Crippen molar-refractivity contribution in [2.75, 3.05) is 11.9 Å². The Morgan fingerprint density at radius 2 is 2.28 bits per heavy atom. The molecule has 100 valence electrons. The smallest absolute Gasteiger partial charge is 0.203 e. The maximum Gasteiger partial charge on any atom is 0.203 e. The van der Waals surface area contributed by atoms with Gasteiger partial charge in [-0.25, -0.2) is 4.98 Å². The van der Waals surface area contributed by atoms with Crippen LogP contribution in [0.5, 0.6) is 0 Å². The van der Waals surface area contributed by atoms with E-state index in [1.807, 2.05) is 6.08 Å². The van der Waals surface area contributed by atoms with Gasteiger partial charge in [-0.1, -0.05) is 32.8 Å². The molecule has 3 heteroatoms. The van der Waals surface area contributed by atoms with E-state index in [-0.39, 0.29) is 0 Å². The molecule has 2 rings (SSSR count). The summed E-state index contributed by atoms with van der Waals surface area (Å²) in [4.78, 5) is 4.59. The van der Waals surface area contributed by atoms with Crippen molar-refractivity contribution in [3.05, 3.63) is 24.5 Å². The predicted octanol–water partition coefficient (Wildman–Crippen LogP) is 3.79. The summed E-state index contributed by atoms with van der Waals surface area (Å²) < 4.78 is 2.35. The molecule has 18 heavy (non-hydrogen) atoms. The molecule has 0 spiro atoms. The van der Waals surface area contributed by atoms with Crippen LogP contribution in [0.25, 0.3) is 0 Å². The van der Waals surface area contributed by atoms with Gasteiger partial charge in [0.1, 0.15) is 0 Å². The first-order valence-electron chi connectivity index (χ1n) is 7.03. The number of hydrogen-bond donors (Lipinski definition) is 1. The Morgan fingerprint density at radius 1 is 1.50 bits per heavy atom. The molecule has 1 N–H and O–H groups in total. The molecular weight excluding hydrogens is 222 g/mol. The quantitative estimate of drug-likeness (QED) is 0.820. The summed E-state index contributed by atoms with van der Waals surface area (Å²) in [5, 5.41) is 3.35. The summed E-state index contributed by atoms with van der Waals surface area (Å²) in [6.07, 6.45) is 8.02. The number of nitrogens with zero attached hydrogens (tertiary/aromatic N) is 2. The average molecular weight is 247 g/mol. The van der Waals surface area contributed by atoms with Gasteiger partial charge in [0.05, 0.1) is 5.69 Å². The van der Waals surface area contributed by atoms with Crippen molar-refractivity contribution in [3.8, 4) is 0 Å². The van der Waals surface area contributed by atoms with Crippen LogP contribution in [0.15, 0.2) is 18.9 Å². The lowest BCUT2D eigenvalue weighted by molar-refractivity contribution is 0.187. The van der Waals surface area contributed by atoms with Gasteiger partial charge in [-0.05, 0) is 25.2 Å². The van der Waals surface area contributed by atoms with Gasteiger partial charge in [0.15, 0.2) is 0 Å². The van der Waals surface area contributed by atoms with Crippen LogP contribution in [0.3, 0.4) is 0 Å². The van der Waals surface area contributed by atoms with Crippen molar-refractivity contribution in [2.45, 2.75) is 46.1 Å². The van der Waals surface area contributed by atoms with Crippen molar-refractivity contribution >= 4 is 5.95 Å². The van der Waals surface area contributed by atoms with E-state index in [0.29, 0.717) is 6.04 Å². The van der Waals surface area contributed by atoms with Gasteiger partial charge in [-0.2, -0.15) is 0 Å². The molecule has 1 aliphatic carbocycles. The fourth-order valence-corrected chi connectivity index (χ4v) is 3.01. The molecular formula is C15H25N3. The highest BCUT2D eigenvalue weighted by Crippen LogP contribution is 2.39. The first-order valence-corrected chi connectivity index (χ1v) is 7.03. The molecule has 3 atom stereocenters. The third-order valence-electron chi connectivity index (χ3n) is 4.28. The number of imidazole rings is 1. The Balaban J connectivity index is 2.22. The van der Waals surface area contributed by atoms with Crippen LogP contribution in [0.2, 0.25) is 0 Å². The van der Waals surface area contributed by atoms with Crippen molar-refractivity contribution in [1.82, 2.24) is 9.55 Å². The minimum absolute atomic E-state index is 0.585. The van der Waals surface area contributed by atoms with Crippen LogP contribution >= 0.6 is 0 Å². The molecule has 0 saturated heterocycles. The molecule has 1 aromatic heterocycles. The number of aryl methyl sites for hydroxylation is 1. The Labute approximate surface area is 110 Å². The molecule has 1 fully saturated rings. The monoisotopic (exact) mass is 247 g/mol. The zero-order chi connectivity index (χ0) is 13.1. The molecule has 3 nitrogen and oxygen atoms in total. The van der Waals surface area contributed by atoms with Crippen LogP contribution in [-0.4, -0.2) is 16.1 Å². The third kappa shape index (κ3) is 2.60. The third-order valence-corrected chi connectivity index (χ3v) is 4.28. The maximum atomic E-state index is 4.59. The Morgan fingerprint density at radius 3 is 3.00 bits per heavy atom. The largest absolute Gasteiger partial charge is 0.352 e. The van der Waals surface area contributed by atoms with Crippen molar-refractivity contribution < 1.29 is 0 Å². The molecule has 1 saturated carbocycles. The van der Waals surface area contributed by atoms with E-state index in [4.69, 9.17) is 0 Å². The van der Waals surface area contributed by atoms with Crippen molar-refractivity contribution in [3.63, 3.8) is 0 Å². The van der Waals surface area contributed by atoms with Crippen molar-refractivity contribution in [1.29, 1.82) is 0 Å². The number of anilines is 1. The molecule has 1 heterocycles. The summed E-state index contributed by atoms with van der Waals surface area (Å²) in [6.45, 7) is 11.3. The standard InChI is InChI=1S/C15H25N3/c1-5-9-16-15-17-12(3)10-18(15)14-8-6-7-11(2)13(14)4/h5,10-11,13-14H,1,6-9H2,2-4H3,(H,16,17). The minimum atomic E-state index is 0.585. The highest BCUT2D eigenvalue weighted by Gasteiger charge is 2.29. The number of rotatable bonds is 4. The van der Waals surface area contributed by atoms with Crippen LogP contribution in [0.1, 0.15) is 44.8 Å². The van der Waals surface area contributed by atoms with E-state index >= 15 is 0 Å². The summed E-state index contributed by atoms with van der Waals surface area (Å²) in [6, 6.07) is 0.585. The van der Waals surface area contributed by atoms with E-state index in [2.05, 4.69) is 48.4 Å². The summed E-state index contributed by atoms with van der Waals surface area (Å²) in [7, 11) is 0. The fourth-order valence-electron chi connectivity index (χ4n) is 3.01. The zero-order valence-corrected chi connectivity index (χ0v) is 11.8. The second-order valence-electron chi connectivity index (χ2n) is 5.62. The summed E-state index contributed by atoms with van der Waals surface area (Å²) in [5.74, 6) is 2.52. The molecule has 0 aliphatic heterocycles. The Kier molecular flexibility index (Phi) is 4.10. The topological polar surface area (TPSA) is 29.9 Å². The molecule has 0 bridgehead atoms. The van der Waals surface area contributed by atoms with Crippen molar-refractivity contribution in [2.24, 2.45) is 11.8 Å². The second-order valence-corrected chi connectivity index (χ2v) is 5.62. The van der Waals surface area contributed by atoms with Gasteiger partial charge in [0.25, 0.3) is 0 Å². The second kappa shape index (κ2) is 5.59. The highest BCUT2D eigenvalue weighted by molar-refractivity contribution is 5.30. The summed E-state index contributed by atoms with van der Waals surface area (Å²) >= 11 is 0. The van der Waals surface area contributed by atoms with Gasteiger partial charge in [0.2, 0.25) is 5.95 Å². The fraction of sp³-hybridized carbons (Fsp3) is 0.667. The molecule has 0 radical (unpaired) electrons. The van der Waals surface area contributed by atoms with Crippen LogP contribution < -0.4 is 5.32 Å². The first-order chi connectivity index (χ1) is 8.63. The number of hydrogen-bond acceptors (Lipinski definition) is 2. The van der Waals surface area contributed by atoms with Gasteiger partial charge in [-0.3, -0.25) is 0 Å². The normalized spacial score (nSPS) is 28.1. The van der Waals surface area contributed by atoms with Crippen LogP contribution in [0.4, 0.5) is 5.95 Å². The number of aromatic nitrogens is 2. The Bertz CT molecular complexity index is 408. The lowest BCUT2D eigenvalue weighted by Crippen LogP contribution is -2.27. The molecule has 1 aliphatic rings. The predicted molar refractivity (Wildman–Crippen MR) is 76.9 cm³/mol. The van der Waals surface area contributed by atoms with Gasteiger partial charge >= 0.3 is 0 Å². The van der Waals surface area contributed by atoms with E-state index < -0.39 is 0 Å². The molecule has 3 unspecified atom stereocenters. The number of nitrogens with one attached hydrogen (secondary N) is 1. The van der Waals surface area contributed by atoms with Gasteiger partial charge < -0.3 is 9.88 Å². The van der Waals surface area contributed by atoms with Gasteiger partial charge in [0, 0.05) is 18.8 Å². The maximum absolute atomic E-state index is 4.59. The van der Waals surface area contributed by atoms with E-state index in [1.165, 1.54) is 19.3 Å². The molecule has 0 aromatic carbocycles. The Hall–Kier alpha value is -1.25. The SMILES string of the molecule is C=CCNc1nc(C)cn1C1CCCC(C)C1C. The average Bonchev–Trinajstić information content (AvgIpc) is 2.71. The zero-order valence-electron chi connectivity index (χ0n) is 11.8. The lowest BCUT2D eigenvalue weighted by Gasteiger charge is -2.35. The van der Waals surface area contributed by atoms with Crippen LogP contribution in [0, 0.1) is 18.8 Å². The van der Waals surface area contributed by atoms with E-state index in [0.717, 1.165) is 30.0 Å². The highest BCUT2D eigenvalue weighted by atomic mass is 15.2. The first kappa shape index (κ1) is 13.2. The molecule has 1 aromatic rings. The van der Waals surface area contributed by atoms with E-state index in [1.54, 1.807) is 0 Å². The van der Waals surface area contributed by atoms with Crippen LogP contribution in [-0.2, 0) is 0 Å². The van der Waals surface area contributed by atoms with E-state index in [9.17, 15) is 0 Å².